The molecule has 1 amide bonds. The third kappa shape index (κ3) is 3.43. The van der Waals surface area contributed by atoms with Crippen LogP contribution < -0.4 is 10.6 Å². The fourth-order valence-corrected chi connectivity index (χ4v) is 1.82. The minimum absolute atomic E-state index is 0.258. The first kappa shape index (κ1) is 13.7. The Hall–Kier alpha value is -3.28. The molecule has 0 radical (unpaired) electrons. The molecule has 0 spiro atoms. The first-order chi connectivity index (χ1) is 10.8. The summed E-state index contributed by atoms with van der Waals surface area (Å²) >= 11 is 0. The third-order valence-corrected chi connectivity index (χ3v) is 2.86. The summed E-state index contributed by atoms with van der Waals surface area (Å²) in [5.41, 5.74) is 1.80. The summed E-state index contributed by atoms with van der Waals surface area (Å²) in [4.78, 5) is 24.0. The second kappa shape index (κ2) is 6.45. The van der Waals surface area contributed by atoms with Gasteiger partial charge < -0.3 is 10.6 Å². The fraction of sp³-hybridized carbons (Fsp3) is 0. The predicted octanol–water partition coefficient (Wildman–Crippen LogP) is 2.87. The van der Waals surface area contributed by atoms with Gasteiger partial charge in [0.15, 0.2) is 0 Å². The maximum absolute atomic E-state index is 11.9. The third-order valence-electron chi connectivity index (χ3n) is 2.86. The molecule has 6 nitrogen and oxygen atoms in total. The van der Waals surface area contributed by atoms with Crippen molar-refractivity contribution in [3.05, 3.63) is 72.9 Å². The average Bonchev–Trinajstić information content (AvgIpc) is 2.58. The summed E-state index contributed by atoms with van der Waals surface area (Å²) in [6, 6.07) is 13.3. The number of carbonyl (C=O) groups excluding carboxylic acids is 1. The standard InChI is InChI=1S/C16H13N5O/c22-16(14-11-17-8-9-18-14)21-13-6-7-15(19-10-13)20-12-4-2-1-3-5-12/h1-11H,(H,19,20)(H,21,22). The number of pyridine rings is 1. The average molecular weight is 291 g/mol. The van der Waals surface area contributed by atoms with Gasteiger partial charge in [-0.2, -0.15) is 0 Å². The smallest absolute Gasteiger partial charge is 0.275 e. The lowest BCUT2D eigenvalue weighted by Crippen LogP contribution is -2.13. The lowest BCUT2D eigenvalue weighted by molar-refractivity contribution is 0.102. The molecule has 22 heavy (non-hydrogen) atoms. The van der Waals surface area contributed by atoms with E-state index in [1.165, 1.54) is 18.6 Å². The number of nitrogens with zero attached hydrogens (tertiary/aromatic N) is 3. The monoisotopic (exact) mass is 291 g/mol. The van der Waals surface area contributed by atoms with Crippen LogP contribution in [0.25, 0.3) is 0 Å². The molecular weight excluding hydrogens is 278 g/mol. The molecule has 0 bridgehead atoms. The Morgan fingerprint density at radius 1 is 0.864 bits per heavy atom. The van der Waals surface area contributed by atoms with Crippen molar-refractivity contribution < 1.29 is 4.79 Å². The van der Waals surface area contributed by atoms with Gasteiger partial charge in [0.2, 0.25) is 0 Å². The van der Waals surface area contributed by atoms with Gasteiger partial charge in [0.05, 0.1) is 18.1 Å². The molecule has 0 aliphatic carbocycles. The summed E-state index contributed by atoms with van der Waals surface area (Å²) in [5.74, 6) is 0.377. The van der Waals surface area contributed by atoms with Crippen molar-refractivity contribution in [2.24, 2.45) is 0 Å². The minimum atomic E-state index is -0.321. The van der Waals surface area contributed by atoms with Crippen LogP contribution in [0.2, 0.25) is 0 Å². The molecule has 0 unspecified atom stereocenters. The van der Waals surface area contributed by atoms with E-state index < -0.39 is 0 Å². The van der Waals surface area contributed by atoms with E-state index in [2.05, 4.69) is 25.6 Å². The van der Waals surface area contributed by atoms with Crippen molar-refractivity contribution in [1.82, 2.24) is 15.0 Å². The van der Waals surface area contributed by atoms with Gasteiger partial charge in [-0.15, -0.1) is 0 Å². The molecule has 3 aromatic rings. The molecule has 0 aliphatic heterocycles. The molecule has 0 atom stereocenters. The lowest BCUT2D eigenvalue weighted by Gasteiger charge is -2.07. The van der Waals surface area contributed by atoms with Crippen molar-refractivity contribution in [3.63, 3.8) is 0 Å². The Labute approximate surface area is 127 Å². The first-order valence-electron chi connectivity index (χ1n) is 6.67. The molecule has 0 aliphatic rings. The molecule has 108 valence electrons. The van der Waals surface area contributed by atoms with Crippen LogP contribution in [0.4, 0.5) is 17.2 Å². The highest BCUT2D eigenvalue weighted by atomic mass is 16.1. The van der Waals surface area contributed by atoms with Gasteiger partial charge in [0, 0.05) is 18.1 Å². The molecule has 1 aromatic carbocycles. The number of para-hydroxylation sites is 1. The van der Waals surface area contributed by atoms with Gasteiger partial charge in [-0.3, -0.25) is 9.78 Å². The number of hydrogen-bond acceptors (Lipinski definition) is 5. The SMILES string of the molecule is O=C(Nc1ccc(Nc2ccccc2)nc1)c1cnccn1. The maximum Gasteiger partial charge on any atom is 0.275 e. The molecule has 2 N–H and O–H groups in total. The second-order valence-electron chi connectivity index (χ2n) is 4.47. The molecular formula is C16H13N5O. The number of nitrogens with one attached hydrogen (secondary N) is 2. The number of aromatic nitrogens is 3. The molecule has 3 rings (SSSR count). The van der Waals surface area contributed by atoms with E-state index in [9.17, 15) is 4.79 Å². The summed E-state index contributed by atoms with van der Waals surface area (Å²) in [6.45, 7) is 0. The Kier molecular flexibility index (Phi) is 4.01. The van der Waals surface area contributed by atoms with Crippen molar-refractivity contribution in [1.29, 1.82) is 0 Å². The topological polar surface area (TPSA) is 79.8 Å². The number of benzene rings is 1. The van der Waals surface area contributed by atoms with E-state index in [1.807, 2.05) is 30.3 Å². The van der Waals surface area contributed by atoms with E-state index in [4.69, 9.17) is 0 Å². The zero-order chi connectivity index (χ0) is 15.2. The number of carbonyl (C=O) groups is 1. The molecule has 0 saturated heterocycles. The number of amides is 1. The van der Waals surface area contributed by atoms with Crippen molar-refractivity contribution in [2.75, 3.05) is 10.6 Å². The van der Waals surface area contributed by atoms with Crippen LogP contribution in [0, 0.1) is 0 Å². The van der Waals surface area contributed by atoms with Crippen molar-refractivity contribution >= 4 is 23.1 Å². The minimum Gasteiger partial charge on any atom is -0.340 e. The van der Waals surface area contributed by atoms with Crippen LogP contribution in [0.3, 0.4) is 0 Å². The summed E-state index contributed by atoms with van der Waals surface area (Å²) in [7, 11) is 0. The number of hydrogen-bond donors (Lipinski definition) is 2. The lowest BCUT2D eigenvalue weighted by atomic mass is 10.3. The van der Waals surface area contributed by atoms with Crippen LogP contribution in [0.1, 0.15) is 10.5 Å². The molecule has 2 aromatic heterocycles. The van der Waals surface area contributed by atoms with Gasteiger partial charge in [0.1, 0.15) is 11.5 Å². The van der Waals surface area contributed by atoms with E-state index >= 15 is 0 Å². The van der Waals surface area contributed by atoms with Crippen LogP contribution >= 0.6 is 0 Å². The van der Waals surface area contributed by atoms with Gasteiger partial charge in [0.25, 0.3) is 5.91 Å². The van der Waals surface area contributed by atoms with Crippen LogP contribution in [-0.2, 0) is 0 Å². The highest BCUT2D eigenvalue weighted by molar-refractivity contribution is 6.02. The zero-order valence-electron chi connectivity index (χ0n) is 11.6. The highest BCUT2D eigenvalue weighted by Crippen LogP contribution is 2.15. The second-order valence-corrected chi connectivity index (χ2v) is 4.47. The molecule has 0 saturated carbocycles. The molecule has 6 heteroatoms. The summed E-state index contributed by atoms with van der Waals surface area (Å²) in [5, 5.41) is 5.89. The zero-order valence-corrected chi connectivity index (χ0v) is 11.6. The van der Waals surface area contributed by atoms with E-state index in [0.717, 1.165) is 5.69 Å². The largest absolute Gasteiger partial charge is 0.340 e. The van der Waals surface area contributed by atoms with Gasteiger partial charge in [-0.1, -0.05) is 18.2 Å². The van der Waals surface area contributed by atoms with Crippen molar-refractivity contribution in [3.8, 4) is 0 Å². The van der Waals surface area contributed by atoms with Crippen LogP contribution in [-0.4, -0.2) is 20.9 Å². The van der Waals surface area contributed by atoms with E-state index in [0.29, 0.717) is 11.5 Å². The van der Waals surface area contributed by atoms with E-state index in [1.54, 1.807) is 18.3 Å². The van der Waals surface area contributed by atoms with Crippen LogP contribution in [0.15, 0.2) is 67.3 Å². The summed E-state index contributed by atoms with van der Waals surface area (Å²) in [6.07, 6.45) is 5.98. The van der Waals surface area contributed by atoms with Crippen LogP contribution in [0.5, 0.6) is 0 Å². The Balaban J connectivity index is 1.66. The van der Waals surface area contributed by atoms with Crippen molar-refractivity contribution in [2.45, 2.75) is 0 Å². The van der Waals surface area contributed by atoms with Gasteiger partial charge >= 0.3 is 0 Å². The summed E-state index contributed by atoms with van der Waals surface area (Å²) < 4.78 is 0. The number of rotatable bonds is 4. The van der Waals surface area contributed by atoms with Gasteiger partial charge in [-0.25, -0.2) is 9.97 Å². The molecule has 0 fully saturated rings. The van der Waals surface area contributed by atoms with Gasteiger partial charge in [-0.05, 0) is 24.3 Å². The maximum atomic E-state index is 11.9. The highest BCUT2D eigenvalue weighted by Gasteiger charge is 2.07. The Morgan fingerprint density at radius 2 is 1.73 bits per heavy atom. The normalized spacial score (nSPS) is 10.0. The molecule has 2 heterocycles. The van der Waals surface area contributed by atoms with E-state index in [-0.39, 0.29) is 11.6 Å². The Morgan fingerprint density at radius 3 is 2.41 bits per heavy atom. The number of anilines is 3. The quantitative estimate of drug-likeness (QED) is 0.772. The Bertz CT molecular complexity index is 745. The first-order valence-corrected chi connectivity index (χ1v) is 6.67. The fourth-order valence-electron chi connectivity index (χ4n) is 1.82. The predicted molar refractivity (Wildman–Crippen MR) is 83.9 cm³/mol.